The van der Waals surface area contributed by atoms with Gasteiger partial charge in [-0.25, -0.2) is 4.79 Å². The molecule has 0 aliphatic carbocycles. The lowest BCUT2D eigenvalue weighted by atomic mass is 10.3. The minimum atomic E-state index is -0.312. The molecule has 1 aliphatic heterocycles. The number of cyclic esters (lactones) is 1. The van der Waals surface area contributed by atoms with Crippen molar-refractivity contribution in [2.24, 2.45) is 0 Å². The fraction of sp³-hybridized carbons (Fsp3) is 0.300. The van der Waals surface area contributed by atoms with Crippen molar-refractivity contribution in [1.82, 2.24) is 0 Å². The molecule has 16 heavy (non-hydrogen) atoms. The number of carbonyl (C=O) groups is 1. The van der Waals surface area contributed by atoms with E-state index in [1.807, 2.05) is 24.3 Å². The Hall–Kier alpha value is -0.390. The number of hydrogen-bond acceptors (Lipinski definition) is 3. The molecule has 0 bridgehead atoms. The van der Waals surface area contributed by atoms with Crippen molar-refractivity contribution < 1.29 is 14.1 Å². The Bertz CT molecular complexity index is 384. The Morgan fingerprint density at radius 1 is 1.50 bits per heavy atom. The smallest absolute Gasteiger partial charge is 0.414 e. The second-order valence-electron chi connectivity index (χ2n) is 3.43. The van der Waals surface area contributed by atoms with Crippen LogP contribution in [0, 0.1) is 3.57 Å². The van der Waals surface area contributed by atoms with Crippen molar-refractivity contribution in [2.45, 2.75) is 6.10 Å². The highest BCUT2D eigenvalue weighted by Gasteiger charge is 2.32. The molecule has 1 aromatic rings. The summed E-state index contributed by atoms with van der Waals surface area (Å²) >= 11 is 2.22. The molecule has 0 radical (unpaired) electrons. The standard InChI is InChI=1S/C10H11INO3P/c11-7-1-3-8(4-2-7)12-5-9(6-14-16)15-10(12)13/h1-4,9H,5-6,16H2/t9-/m1/s1. The highest BCUT2D eigenvalue weighted by Crippen LogP contribution is 2.22. The maximum absolute atomic E-state index is 11.6. The summed E-state index contributed by atoms with van der Waals surface area (Å²) in [5.74, 6) is 0. The maximum atomic E-state index is 11.6. The molecule has 2 atom stereocenters. The molecule has 0 saturated carbocycles. The van der Waals surface area contributed by atoms with Gasteiger partial charge in [0.25, 0.3) is 0 Å². The minimum absolute atomic E-state index is 0.190. The van der Waals surface area contributed by atoms with Crippen LogP contribution in [0.2, 0.25) is 0 Å². The van der Waals surface area contributed by atoms with Crippen LogP contribution in [0.1, 0.15) is 0 Å². The normalized spacial score (nSPS) is 20.0. The van der Waals surface area contributed by atoms with Crippen molar-refractivity contribution in [3.05, 3.63) is 27.8 Å². The number of hydrogen-bond donors (Lipinski definition) is 0. The Kier molecular flexibility index (Phi) is 4.00. The number of anilines is 1. The molecule has 2 rings (SSSR count). The summed E-state index contributed by atoms with van der Waals surface area (Å²) in [7, 11) is 2.16. The van der Waals surface area contributed by atoms with E-state index in [1.54, 1.807) is 4.90 Å². The molecule has 1 amide bonds. The fourth-order valence-electron chi connectivity index (χ4n) is 1.55. The molecular formula is C10H11INO3P. The highest BCUT2D eigenvalue weighted by atomic mass is 127. The predicted molar refractivity (Wildman–Crippen MR) is 72.4 cm³/mol. The number of benzene rings is 1. The third-order valence-corrected chi connectivity index (χ3v) is 3.21. The monoisotopic (exact) mass is 351 g/mol. The van der Waals surface area contributed by atoms with Crippen LogP contribution in [0.3, 0.4) is 0 Å². The molecule has 0 N–H and O–H groups in total. The summed E-state index contributed by atoms with van der Waals surface area (Å²) in [6.45, 7) is 0.936. The first-order valence-corrected chi connectivity index (χ1v) is 6.31. The van der Waals surface area contributed by atoms with Crippen LogP contribution < -0.4 is 4.90 Å². The number of amides is 1. The number of halogens is 1. The van der Waals surface area contributed by atoms with Crippen LogP contribution in [-0.2, 0) is 9.26 Å². The van der Waals surface area contributed by atoms with E-state index < -0.39 is 0 Å². The Morgan fingerprint density at radius 2 is 2.19 bits per heavy atom. The molecule has 4 nitrogen and oxygen atoms in total. The van der Waals surface area contributed by atoms with Crippen molar-refractivity contribution in [3.63, 3.8) is 0 Å². The van der Waals surface area contributed by atoms with Crippen LogP contribution in [-0.4, -0.2) is 25.3 Å². The zero-order valence-electron chi connectivity index (χ0n) is 8.43. The molecule has 1 heterocycles. The molecule has 0 aromatic heterocycles. The summed E-state index contributed by atoms with van der Waals surface area (Å²) in [4.78, 5) is 13.2. The van der Waals surface area contributed by atoms with E-state index in [9.17, 15) is 4.79 Å². The lowest BCUT2D eigenvalue weighted by Crippen LogP contribution is -2.25. The highest BCUT2D eigenvalue weighted by molar-refractivity contribution is 14.1. The number of nitrogens with zero attached hydrogens (tertiary/aromatic N) is 1. The third-order valence-electron chi connectivity index (χ3n) is 2.29. The first-order valence-electron chi connectivity index (χ1n) is 4.76. The summed E-state index contributed by atoms with van der Waals surface area (Å²) in [6.07, 6.45) is -0.502. The number of ether oxygens (including phenoxy) is 1. The van der Waals surface area contributed by atoms with Crippen molar-refractivity contribution in [2.75, 3.05) is 18.1 Å². The molecule has 6 heteroatoms. The first-order chi connectivity index (χ1) is 7.70. The minimum Gasteiger partial charge on any atom is -0.441 e. The van der Waals surface area contributed by atoms with Gasteiger partial charge in [0.1, 0.15) is 6.10 Å². The molecule has 1 aliphatic rings. The van der Waals surface area contributed by atoms with Crippen molar-refractivity contribution >= 4 is 43.8 Å². The molecule has 86 valence electrons. The molecule has 1 unspecified atom stereocenters. The third kappa shape index (κ3) is 2.64. The summed E-state index contributed by atoms with van der Waals surface area (Å²) < 4.78 is 11.2. The van der Waals surface area contributed by atoms with Gasteiger partial charge in [0.15, 0.2) is 0 Å². The second-order valence-corrected chi connectivity index (χ2v) is 5.01. The Balaban J connectivity index is 2.10. The molecule has 1 aromatic carbocycles. The predicted octanol–water partition coefficient (Wildman–Crippen LogP) is 2.42. The Labute approximate surface area is 110 Å². The van der Waals surface area contributed by atoms with E-state index in [1.165, 1.54) is 0 Å². The fourth-order valence-corrected chi connectivity index (χ4v) is 2.12. The average molecular weight is 351 g/mol. The van der Waals surface area contributed by atoms with Crippen molar-refractivity contribution in [3.8, 4) is 0 Å². The van der Waals surface area contributed by atoms with E-state index >= 15 is 0 Å². The quantitative estimate of drug-likeness (QED) is 0.620. The zero-order chi connectivity index (χ0) is 11.5. The van der Waals surface area contributed by atoms with Gasteiger partial charge in [-0.05, 0) is 46.9 Å². The first kappa shape index (κ1) is 12.1. The van der Waals surface area contributed by atoms with Crippen molar-refractivity contribution in [1.29, 1.82) is 0 Å². The van der Waals surface area contributed by atoms with Gasteiger partial charge < -0.3 is 9.26 Å². The van der Waals surface area contributed by atoms with Gasteiger partial charge in [-0.3, -0.25) is 4.90 Å². The lowest BCUT2D eigenvalue weighted by molar-refractivity contribution is 0.112. The van der Waals surface area contributed by atoms with Crippen LogP contribution in [0.15, 0.2) is 24.3 Å². The number of carbonyl (C=O) groups excluding carboxylic acids is 1. The number of rotatable bonds is 3. The van der Waals surface area contributed by atoms with Gasteiger partial charge in [-0.2, -0.15) is 0 Å². The van der Waals surface area contributed by atoms with Crippen LogP contribution >= 0.6 is 32.1 Å². The summed E-state index contributed by atoms with van der Waals surface area (Å²) in [6, 6.07) is 7.74. The summed E-state index contributed by atoms with van der Waals surface area (Å²) in [5, 5.41) is 0. The van der Waals surface area contributed by atoms with Gasteiger partial charge in [-0.1, -0.05) is 0 Å². The summed E-state index contributed by atoms with van der Waals surface area (Å²) in [5.41, 5.74) is 0.858. The van der Waals surface area contributed by atoms with E-state index in [4.69, 9.17) is 9.26 Å². The van der Waals surface area contributed by atoms with E-state index in [2.05, 4.69) is 32.1 Å². The van der Waals surface area contributed by atoms with Crippen LogP contribution in [0.25, 0.3) is 0 Å². The molecular weight excluding hydrogens is 340 g/mol. The average Bonchev–Trinajstić information content (AvgIpc) is 2.61. The molecule has 1 saturated heterocycles. The zero-order valence-corrected chi connectivity index (χ0v) is 11.7. The lowest BCUT2D eigenvalue weighted by Gasteiger charge is -2.12. The van der Waals surface area contributed by atoms with Gasteiger partial charge >= 0.3 is 6.09 Å². The van der Waals surface area contributed by atoms with E-state index in [0.29, 0.717) is 13.2 Å². The van der Waals surface area contributed by atoms with Gasteiger partial charge in [0.05, 0.1) is 13.2 Å². The van der Waals surface area contributed by atoms with E-state index in [-0.39, 0.29) is 12.2 Å². The van der Waals surface area contributed by atoms with E-state index in [0.717, 1.165) is 9.26 Å². The van der Waals surface area contributed by atoms with Gasteiger partial charge in [-0.15, -0.1) is 0 Å². The van der Waals surface area contributed by atoms with Crippen LogP contribution in [0.4, 0.5) is 10.5 Å². The van der Waals surface area contributed by atoms with Crippen LogP contribution in [0.5, 0.6) is 0 Å². The van der Waals surface area contributed by atoms with Gasteiger partial charge in [0.2, 0.25) is 0 Å². The molecule has 0 spiro atoms. The van der Waals surface area contributed by atoms with Gasteiger partial charge in [0, 0.05) is 18.7 Å². The largest absolute Gasteiger partial charge is 0.441 e. The maximum Gasteiger partial charge on any atom is 0.414 e. The Morgan fingerprint density at radius 3 is 2.81 bits per heavy atom. The SMILES string of the molecule is O=C1O[C@@H](COP)CN1c1ccc(I)cc1. The molecule has 1 fully saturated rings. The topological polar surface area (TPSA) is 38.8 Å². The second kappa shape index (κ2) is 5.29.